The number of allylic oxidation sites excluding steroid dienone is 5. The van der Waals surface area contributed by atoms with Crippen molar-refractivity contribution in [2.24, 2.45) is 11.7 Å². The van der Waals surface area contributed by atoms with Gasteiger partial charge < -0.3 is 5.73 Å². The SMILES string of the molecule is CC(=C/C=C(\C)CCN)/C=C/C1CC1. The van der Waals surface area contributed by atoms with E-state index in [0.717, 1.165) is 18.9 Å². The number of hydrogen-bond donors (Lipinski definition) is 1. The van der Waals surface area contributed by atoms with E-state index in [4.69, 9.17) is 5.73 Å². The van der Waals surface area contributed by atoms with Crippen LogP contribution in [0, 0.1) is 5.92 Å². The van der Waals surface area contributed by atoms with E-state index < -0.39 is 0 Å². The lowest BCUT2D eigenvalue weighted by atomic mass is 10.1. The molecule has 78 valence electrons. The van der Waals surface area contributed by atoms with E-state index in [1.165, 1.54) is 24.0 Å². The molecule has 0 unspecified atom stereocenters. The zero-order valence-corrected chi connectivity index (χ0v) is 9.29. The summed E-state index contributed by atoms with van der Waals surface area (Å²) in [4.78, 5) is 0. The van der Waals surface area contributed by atoms with E-state index in [0.29, 0.717) is 0 Å². The minimum Gasteiger partial charge on any atom is -0.330 e. The van der Waals surface area contributed by atoms with E-state index in [1.807, 2.05) is 0 Å². The van der Waals surface area contributed by atoms with Crippen LogP contribution in [0.25, 0.3) is 0 Å². The molecule has 1 aliphatic carbocycles. The highest BCUT2D eigenvalue weighted by Gasteiger charge is 2.16. The Morgan fingerprint density at radius 3 is 2.57 bits per heavy atom. The largest absolute Gasteiger partial charge is 0.330 e. The molecule has 0 amide bonds. The average Bonchev–Trinajstić information content (AvgIpc) is 2.95. The van der Waals surface area contributed by atoms with Crippen LogP contribution < -0.4 is 5.73 Å². The van der Waals surface area contributed by atoms with E-state index in [2.05, 4.69) is 38.2 Å². The minimum atomic E-state index is 0.743. The summed E-state index contributed by atoms with van der Waals surface area (Å²) in [5.41, 5.74) is 8.15. The molecule has 0 bridgehead atoms. The van der Waals surface area contributed by atoms with Crippen molar-refractivity contribution in [2.45, 2.75) is 33.1 Å². The highest BCUT2D eigenvalue weighted by molar-refractivity contribution is 5.24. The van der Waals surface area contributed by atoms with Gasteiger partial charge in [0.2, 0.25) is 0 Å². The number of hydrogen-bond acceptors (Lipinski definition) is 1. The van der Waals surface area contributed by atoms with Crippen LogP contribution in [-0.4, -0.2) is 6.54 Å². The summed E-state index contributed by atoms with van der Waals surface area (Å²) in [7, 11) is 0. The Hall–Kier alpha value is -0.820. The summed E-state index contributed by atoms with van der Waals surface area (Å²) < 4.78 is 0. The molecule has 2 N–H and O–H groups in total. The molecule has 14 heavy (non-hydrogen) atoms. The van der Waals surface area contributed by atoms with Gasteiger partial charge in [0.1, 0.15) is 0 Å². The summed E-state index contributed by atoms with van der Waals surface area (Å²) in [5, 5.41) is 0. The molecule has 1 aliphatic rings. The molecule has 0 spiro atoms. The second-order valence-corrected chi connectivity index (χ2v) is 4.16. The number of rotatable bonds is 5. The first-order valence-electron chi connectivity index (χ1n) is 5.44. The Kier molecular flexibility index (Phi) is 4.68. The molecule has 0 atom stereocenters. The first-order chi connectivity index (χ1) is 6.72. The van der Waals surface area contributed by atoms with Gasteiger partial charge in [-0.2, -0.15) is 0 Å². The summed E-state index contributed by atoms with van der Waals surface area (Å²) in [6.07, 6.45) is 12.6. The first kappa shape index (κ1) is 11.3. The molecule has 0 saturated heterocycles. The van der Waals surface area contributed by atoms with Crippen molar-refractivity contribution < 1.29 is 0 Å². The summed E-state index contributed by atoms with van der Waals surface area (Å²) >= 11 is 0. The van der Waals surface area contributed by atoms with Gasteiger partial charge in [0.25, 0.3) is 0 Å². The Morgan fingerprint density at radius 1 is 1.29 bits per heavy atom. The van der Waals surface area contributed by atoms with Crippen LogP contribution in [0.15, 0.2) is 35.5 Å². The summed E-state index contributed by atoms with van der Waals surface area (Å²) in [5.74, 6) is 0.868. The van der Waals surface area contributed by atoms with Crippen molar-refractivity contribution in [1.82, 2.24) is 0 Å². The molecule has 0 aliphatic heterocycles. The second kappa shape index (κ2) is 5.82. The maximum atomic E-state index is 5.47. The van der Waals surface area contributed by atoms with Crippen molar-refractivity contribution in [3.8, 4) is 0 Å². The van der Waals surface area contributed by atoms with Crippen LogP contribution in [0.2, 0.25) is 0 Å². The maximum absolute atomic E-state index is 5.47. The van der Waals surface area contributed by atoms with E-state index in [-0.39, 0.29) is 0 Å². The zero-order chi connectivity index (χ0) is 10.4. The van der Waals surface area contributed by atoms with Gasteiger partial charge in [-0.3, -0.25) is 0 Å². The summed E-state index contributed by atoms with van der Waals surface area (Å²) in [6, 6.07) is 0. The molecule has 1 fully saturated rings. The maximum Gasteiger partial charge on any atom is -0.00399 e. The molecule has 0 heterocycles. The molecular weight excluding hydrogens is 170 g/mol. The van der Waals surface area contributed by atoms with Crippen molar-refractivity contribution in [1.29, 1.82) is 0 Å². The Labute approximate surface area is 87.4 Å². The lowest BCUT2D eigenvalue weighted by Gasteiger charge is -1.95. The molecule has 1 rings (SSSR count). The topological polar surface area (TPSA) is 26.0 Å². The van der Waals surface area contributed by atoms with E-state index in [9.17, 15) is 0 Å². The van der Waals surface area contributed by atoms with E-state index in [1.54, 1.807) is 0 Å². The van der Waals surface area contributed by atoms with Crippen LogP contribution in [0.3, 0.4) is 0 Å². The molecule has 1 nitrogen and oxygen atoms in total. The Balaban J connectivity index is 2.37. The average molecular weight is 191 g/mol. The van der Waals surface area contributed by atoms with Crippen molar-refractivity contribution in [2.75, 3.05) is 6.54 Å². The van der Waals surface area contributed by atoms with Crippen molar-refractivity contribution in [3.05, 3.63) is 35.5 Å². The molecule has 1 heteroatoms. The van der Waals surface area contributed by atoms with Crippen molar-refractivity contribution >= 4 is 0 Å². The lowest BCUT2D eigenvalue weighted by Crippen LogP contribution is -1.98. The fraction of sp³-hybridized carbons (Fsp3) is 0.538. The normalized spacial score (nSPS) is 19.4. The van der Waals surface area contributed by atoms with Gasteiger partial charge in [0.15, 0.2) is 0 Å². The highest BCUT2D eigenvalue weighted by atomic mass is 14.5. The third-order valence-electron chi connectivity index (χ3n) is 2.42. The third kappa shape index (κ3) is 5.03. The molecule has 1 saturated carbocycles. The van der Waals surface area contributed by atoms with Gasteiger partial charge >= 0.3 is 0 Å². The van der Waals surface area contributed by atoms with Gasteiger partial charge in [0, 0.05) is 0 Å². The smallest absolute Gasteiger partial charge is 0.00399 e. The highest BCUT2D eigenvalue weighted by Crippen LogP contribution is 2.30. The quantitative estimate of drug-likeness (QED) is 0.663. The predicted molar refractivity (Wildman–Crippen MR) is 63.0 cm³/mol. The third-order valence-corrected chi connectivity index (χ3v) is 2.42. The zero-order valence-electron chi connectivity index (χ0n) is 9.29. The van der Waals surface area contributed by atoms with Crippen LogP contribution >= 0.6 is 0 Å². The van der Waals surface area contributed by atoms with Crippen LogP contribution in [0.1, 0.15) is 33.1 Å². The second-order valence-electron chi connectivity index (χ2n) is 4.16. The van der Waals surface area contributed by atoms with Gasteiger partial charge in [-0.1, -0.05) is 35.5 Å². The van der Waals surface area contributed by atoms with Gasteiger partial charge in [-0.05, 0) is 45.6 Å². The Morgan fingerprint density at radius 2 is 2.00 bits per heavy atom. The van der Waals surface area contributed by atoms with Gasteiger partial charge in [0.05, 0.1) is 0 Å². The Bertz CT molecular complexity index is 254. The molecule has 0 radical (unpaired) electrons. The molecule has 0 aromatic carbocycles. The molecule has 0 aromatic heterocycles. The molecular formula is C13H21N. The van der Waals surface area contributed by atoms with Crippen LogP contribution in [-0.2, 0) is 0 Å². The van der Waals surface area contributed by atoms with Crippen LogP contribution in [0.5, 0.6) is 0 Å². The van der Waals surface area contributed by atoms with Gasteiger partial charge in [-0.15, -0.1) is 0 Å². The van der Waals surface area contributed by atoms with E-state index >= 15 is 0 Å². The number of nitrogens with two attached hydrogens (primary N) is 1. The lowest BCUT2D eigenvalue weighted by molar-refractivity contribution is 0.950. The standard InChI is InChI=1S/C13H21N/c1-11(5-6-13-7-8-13)3-4-12(2)9-10-14/h3-6,13H,7-10,14H2,1-2H3/b6-5+,11-3-,12-4+. The summed E-state index contributed by atoms with van der Waals surface area (Å²) in [6.45, 7) is 5.01. The van der Waals surface area contributed by atoms with Crippen LogP contribution in [0.4, 0.5) is 0 Å². The fourth-order valence-corrected chi connectivity index (χ4v) is 1.22. The first-order valence-corrected chi connectivity index (χ1v) is 5.44. The predicted octanol–water partition coefficient (Wildman–Crippen LogP) is 3.19. The minimum absolute atomic E-state index is 0.743. The van der Waals surface area contributed by atoms with Gasteiger partial charge in [-0.25, -0.2) is 0 Å². The fourth-order valence-electron chi connectivity index (χ4n) is 1.22. The molecule has 0 aromatic rings. The monoisotopic (exact) mass is 191 g/mol. The van der Waals surface area contributed by atoms with Crippen molar-refractivity contribution in [3.63, 3.8) is 0 Å².